The summed E-state index contributed by atoms with van der Waals surface area (Å²) in [5.74, 6) is 1.41. The van der Waals surface area contributed by atoms with E-state index < -0.39 is 0 Å². The summed E-state index contributed by atoms with van der Waals surface area (Å²) >= 11 is 0.320. The maximum atomic E-state index is 12.5. The first-order chi connectivity index (χ1) is 12.5. The van der Waals surface area contributed by atoms with Gasteiger partial charge in [-0.05, 0) is 0 Å². The second kappa shape index (κ2) is 8.77. The molecule has 0 aromatic heterocycles. The predicted molar refractivity (Wildman–Crippen MR) is 107 cm³/mol. The molecule has 0 N–H and O–H groups in total. The second-order valence-electron chi connectivity index (χ2n) is 6.85. The topological polar surface area (TPSA) is 32.8 Å². The van der Waals surface area contributed by atoms with Gasteiger partial charge in [-0.2, -0.15) is 0 Å². The minimum atomic E-state index is -0.220. The van der Waals surface area contributed by atoms with Crippen LogP contribution >= 0.6 is 0 Å². The maximum absolute atomic E-state index is 12.5. The second-order valence-corrected chi connectivity index (χ2v) is 9.08. The number of hydrogen-bond acceptors (Lipinski definition) is 3. The first-order valence-electron chi connectivity index (χ1n) is 9.11. The number of hydrogen-bond donors (Lipinski definition) is 0. The quantitative estimate of drug-likeness (QED) is 0.664. The van der Waals surface area contributed by atoms with E-state index in [-0.39, 0.29) is 12.1 Å². The van der Waals surface area contributed by atoms with E-state index in [1.54, 1.807) is 0 Å². The van der Waals surface area contributed by atoms with Crippen LogP contribution < -0.4 is 4.90 Å². The van der Waals surface area contributed by atoms with E-state index in [4.69, 9.17) is 4.74 Å². The van der Waals surface area contributed by atoms with Gasteiger partial charge >= 0.3 is 164 Å². The monoisotopic (exact) mass is 419 g/mol. The Morgan fingerprint density at radius 2 is 2.12 bits per heavy atom. The zero-order valence-corrected chi connectivity index (χ0v) is 17.6. The summed E-state index contributed by atoms with van der Waals surface area (Å²) in [6.45, 7) is 4.51. The molecule has 3 rings (SSSR count). The molecule has 1 aromatic carbocycles. The number of fused-ring (bicyclic) bond motifs is 1. The number of nitrogens with zero attached hydrogens (tertiary/aromatic N) is 2. The van der Waals surface area contributed by atoms with Crippen molar-refractivity contribution >= 4 is 26.7 Å². The summed E-state index contributed by atoms with van der Waals surface area (Å²) in [7, 11) is 4.23. The van der Waals surface area contributed by atoms with Crippen LogP contribution in [0.25, 0.3) is 0 Å². The van der Waals surface area contributed by atoms with Crippen LogP contribution in [0.4, 0.5) is 10.5 Å². The van der Waals surface area contributed by atoms with Crippen molar-refractivity contribution < 1.29 is 9.53 Å². The van der Waals surface area contributed by atoms with Crippen LogP contribution in [0.1, 0.15) is 19.4 Å². The van der Waals surface area contributed by atoms with Crippen molar-refractivity contribution in [1.29, 1.82) is 0 Å². The Hall–Kier alpha value is -1.03. The van der Waals surface area contributed by atoms with Gasteiger partial charge in [-0.3, -0.25) is 0 Å². The molecule has 26 heavy (non-hydrogen) atoms. The molecule has 4 nitrogen and oxygen atoms in total. The number of carbonyl (C=O) groups excluding carboxylic acids is 1. The number of benzene rings is 1. The first kappa shape index (κ1) is 19.7. The molecule has 139 valence electrons. The number of amides is 1. The van der Waals surface area contributed by atoms with E-state index in [0.717, 1.165) is 17.4 Å². The Kier molecular flexibility index (Phi) is 6.65. The molecule has 0 unspecified atom stereocenters. The molecule has 1 fully saturated rings. The molecular weight excluding hydrogens is 391 g/mol. The Bertz CT molecular complexity index is 622. The number of rotatable bonds is 6. The summed E-state index contributed by atoms with van der Waals surface area (Å²) < 4.78 is 5.33. The average Bonchev–Trinajstić information content (AvgIpc) is 3.23. The fourth-order valence-electron chi connectivity index (χ4n) is 3.39. The van der Waals surface area contributed by atoms with Gasteiger partial charge in [0, 0.05) is 0 Å². The Labute approximate surface area is 164 Å². The van der Waals surface area contributed by atoms with E-state index in [9.17, 15) is 4.79 Å². The zero-order valence-electron chi connectivity index (χ0n) is 15.9. The molecule has 0 saturated heterocycles. The third kappa shape index (κ3) is 4.10. The van der Waals surface area contributed by atoms with E-state index in [0.29, 0.717) is 27.6 Å². The van der Waals surface area contributed by atoms with E-state index in [1.165, 1.54) is 16.3 Å². The van der Waals surface area contributed by atoms with Gasteiger partial charge in [-0.15, -0.1) is 0 Å². The van der Waals surface area contributed by atoms with Gasteiger partial charge in [-0.1, -0.05) is 0 Å². The van der Waals surface area contributed by atoms with E-state index in [1.807, 2.05) is 30.0 Å². The van der Waals surface area contributed by atoms with Gasteiger partial charge in [0.15, 0.2) is 0 Å². The molecule has 1 aliphatic heterocycles. The van der Waals surface area contributed by atoms with Crippen LogP contribution in [0.5, 0.6) is 0 Å². The van der Waals surface area contributed by atoms with Crippen LogP contribution in [0, 0.1) is 30.0 Å². The number of anilines is 1. The molecule has 0 spiro atoms. The normalized spacial score (nSPS) is 22.0. The standard InChI is InChI=1S/C21H27N2O2Se/c1-5-25-21(24)23-17(13-16-9-6-7-11-19(16)23)14-26-20-12-8-10-18(20)15(2)22(3)4/h6-12,15,17H,5,13-14H2,1-4H3/t15-,17-/m1/s1. The third-order valence-corrected chi connectivity index (χ3v) is 7.59. The molecule has 0 bridgehead atoms. The van der Waals surface area contributed by atoms with E-state index in [2.05, 4.69) is 51.2 Å². The van der Waals surface area contributed by atoms with Gasteiger partial charge in [0.2, 0.25) is 0 Å². The summed E-state index contributed by atoms with van der Waals surface area (Å²) in [5.41, 5.74) is 2.25. The molecule has 1 aromatic rings. The fourth-order valence-corrected chi connectivity index (χ4v) is 5.95. The number of ether oxygens (including phenoxy) is 1. The third-order valence-electron chi connectivity index (χ3n) is 5.00. The summed E-state index contributed by atoms with van der Waals surface area (Å²) in [6.07, 6.45) is 7.32. The van der Waals surface area contributed by atoms with Gasteiger partial charge in [-0.25, -0.2) is 0 Å². The molecule has 1 amide bonds. The molecule has 2 aliphatic rings. The summed E-state index contributed by atoms with van der Waals surface area (Å²) in [4.78, 5) is 18.1. The van der Waals surface area contributed by atoms with Gasteiger partial charge in [0.25, 0.3) is 0 Å². The van der Waals surface area contributed by atoms with Crippen LogP contribution in [-0.2, 0) is 11.2 Å². The van der Waals surface area contributed by atoms with Crippen molar-refractivity contribution in [3.63, 3.8) is 0 Å². The molecule has 5 radical (unpaired) electrons. The van der Waals surface area contributed by atoms with Crippen molar-refractivity contribution in [2.45, 2.75) is 37.7 Å². The number of para-hydroxylation sites is 1. The van der Waals surface area contributed by atoms with Crippen molar-refractivity contribution in [2.24, 2.45) is 0 Å². The fraction of sp³-hybridized carbons (Fsp3) is 0.429. The molecule has 1 aliphatic carbocycles. The Balaban J connectivity index is 1.68. The van der Waals surface area contributed by atoms with Crippen molar-refractivity contribution in [1.82, 2.24) is 4.90 Å². The summed E-state index contributed by atoms with van der Waals surface area (Å²) in [6, 6.07) is 8.78. The molecule has 1 saturated carbocycles. The van der Waals surface area contributed by atoms with Crippen LogP contribution in [0.3, 0.4) is 0 Å². The van der Waals surface area contributed by atoms with E-state index >= 15 is 0 Å². The molecule has 2 atom stereocenters. The van der Waals surface area contributed by atoms with Crippen molar-refractivity contribution in [3.8, 4) is 0 Å². The summed E-state index contributed by atoms with van der Waals surface area (Å²) in [5, 5.41) is 0.998. The Morgan fingerprint density at radius 3 is 2.85 bits per heavy atom. The minimum absolute atomic E-state index is 0.184. The molecule has 5 heteroatoms. The predicted octanol–water partition coefficient (Wildman–Crippen LogP) is 3.38. The first-order valence-corrected chi connectivity index (χ1v) is 11.2. The SMILES string of the molecule is CCOC(=O)N1c2ccccc2C[C@@H]1C[Se][C]1[CH][CH][CH][C]1[C@@H](C)N(C)C. The zero-order chi connectivity index (χ0) is 18.7. The van der Waals surface area contributed by atoms with Crippen molar-refractivity contribution in [2.75, 3.05) is 25.6 Å². The van der Waals surface area contributed by atoms with Gasteiger partial charge < -0.3 is 0 Å². The average molecular weight is 418 g/mol. The molecular formula is C21H27N2O2Se. The van der Waals surface area contributed by atoms with Crippen LogP contribution in [-0.4, -0.2) is 58.7 Å². The molecule has 1 heterocycles. The van der Waals surface area contributed by atoms with Gasteiger partial charge in [0.1, 0.15) is 0 Å². The Morgan fingerprint density at radius 1 is 1.35 bits per heavy atom. The van der Waals surface area contributed by atoms with Crippen LogP contribution in [0.2, 0.25) is 5.32 Å². The number of carbonyl (C=O) groups is 1. The van der Waals surface area contributed by atoms with Crippen molar-refractivity contribution in [3.05, 3.63) is 59.8 Å². The van der Waals surface area contributed by atoms with Gasteiger partial charge in [0.05, 0.1) is 0 Å². The van der Waals surface area contributed by atoms with Crippen LogP contribution in [0.15, 0.2) is 24.3 Å².